The molecule has 0 bridgehead atoms. The van der Waals surface area contributed by atoms with Crippen molar-refractivity contribution in [2.75, 3.05) is 38.7 Å². The number of hydrogen-bond acceptors (Lipinski definition) is 3. The fourth-order valence-electron chi connectivity index (χ4n) is 3.84. The zero-order valence-corrected chi connectivity index (χ0v) is 15.7. The Balaban J connectivity index is 1.78. The van der Waals surface area contributed by atoms with Crippen LogP contribution in [0.5, 0.6) is 0 Å². The number of amides is 1. The van der Waals surface area contributed by atoms with Gasteiger partial charge in [0.15, 0.2) is 0 Å². The number of rotatable bonds is 5. The number of hydrogen-bond donors (Lipinski definition) is 1. The number of likely N-dealkylation sites (tertiary alicyclic amines) is 1. The minimum absolute atomic E-state index is 0.0549. The molecular formula is C22H28N2O2. The van der Waals surface area contributed by atoms with Crippen LogP contribution in [0.25, 0.3) is 0 Å². The molecule has 0 spiro atoms. The van der Waals surface area contributed by atoms with E-state index in [0.29, 0.717) is 12.1 Å². The average Bonchev–Trinajstić information content (AvgIpc) is 2.68. The van der Waals surface area contributed by atoms with Crippen LogP contribution in [0.15, 0.2) is 54.6 Å². The molecule has 1 atom stereocenters. The van der Waals surface area contributed by atoms with Gasteiger partial charge in [0, 0.05) is 43.9 Å². The fraction of sp³-hybridized carbons (Fsp3) is 0.409. The molecule has 0 unspecified atom stereocenters. The minimum Gasteiger partial charge on any atom is -0.396 e. The molecule has 2 aromatic carbocycles. The zero-order chi connectivity index (χ0) is 18.6. The fourth-order valence-corrected chi connectivity index (χ4v) is 3.84. The summed E-state index contributed by atoms with van der Waals surface area (Å²) in [5.74, 6) is 0.0549. The topological polar surface area (TPSA) is 43.8 Å². The summed E-state index contributed by atoms with van der Waals surface area (Å²) in [6.07, 6.45) is 2.66. The highest BCUT2D eigenvalue weighted by molar-refractivity contribution is 5.95. The SMILES string of the molecule is CN(C)c1cccc(C(=O)N2CCC[C@](CO)(Cc3ccccc3)C2)c1. The molecule has 4 nitrogen and oxygen atoms in total. The Kier molecular flexibility index (Phi) is 5.62. The lowest BCUT2D eigenvalue weighted by atomic mass is 9.75. The summed E-state index contributed by atoms with van der Waals surface area (Å²) in [6.45, 7) is 1.45. The number of nitrogens with zero attached hydrogens (tertiary/aromatic N) is 2. The number of carbonyl (C=O) groups excluding carboxylic acids is 1. The Labute approximate surface area is 156 Å². The van der Waals surface area contributed by atoms with Crippen LogP contribution in [0.2, 0.25) is 0 Å². The summed E-state index contributed by atoms with van der Waals surface area (Å²) in [7, 11) is 3.95. The number of anilines is 1. The van der Waals surface area contributed by atoms with Crippen molar-refractivity contribution in [3.05, 3.63) is 65.7 Å². The standard InChI is InChI=1S/C22H28N2O2/c1-23(2)20-11-6-10-19(14-20)21(26)24-13-7-12-22(16-24,17-25)15-18-8-4-3-5-9-18/h3-6,8-11,14,25H,7,12-13,15-17H2,1-2H3/t22-/m0/s1. The molecule has 1 amide bonds. The molecule has 138 valence electrons. The maximum atomic E-state index is 13.1. The van der Waals surface area contributed by atoms with Gasteiger partial charge in [-0.3, -0.25) is 4.79 Å². The van der Waals surface area contributed by atoms with Gasteiger partial charge in [-0.2, -0.15) is 0 Å². The second kappa shape index (κ2) is 7.92. The molecule has 1 saturated heterocycles. The van der Waals surface area contributed by atoms with Gasteiger partial charge in [0.1, 0.15) is 0 Å². The summed E-state index contributed by atoms with van der Waals surface area (Å²) < 4.78 is 0. The first kappa shape index (κ1) is 18.5. The summed E-state index contributed by atoms with van der Waals surface area (Å²) in [4.78, 5) is 17.0. The predicted molar refractivity (Wildman–Crippen MR) is 106 cm³/mol. The van der Waals surface area contributed by atoms with Crippen LogP contribution in [0.3, 0.4) is 0 Å². The van der Waals surface area contributed by atoms with Crippen molar-refractivity contribution in [3.8, 4) is 0 Å². The monoisotopic (exact) mass is 352 g/mol. The van der Waals surface area contributed by atoms with Crippen LogP contribution in [0.1, 0.15) is 28.8 Å². The molecule has 1 fully saturated rings. The van der Waals surface area contributed by atoms with Crippen LogP contribution in [0, 0.1) is 5.41 Å². The minimum atomic E-state index is -0.256. The summed E-state index contributed by atoms with van der Waals surface area (Å²) in [5, 5.41) is 10.1. The molecule has 4 heteroatoms. The summed E-state index contributed by atoms with van der Waals surface area (Å²) in [6, 6.07) is 18.0. The molecule has 0 aliphatic carbocycles. The zero-order valence-electron chi connectivity index (χ0n) is 15.7. The highest BCUT2D eigenvalue weighted by Gasteiger charge is 2.37. The highest BCUT2D eigenvalue weighted by Crippen LogP contribution is 2.34. The third-order valence-corrected chi connectivity index (χ3v) is 5.32. The molecule has 2 aromatic rings. The van der Waals surface area contributed by atoms with Gasteiger partial charge in [0.05, 0.1) is 6.61 Å². The van der Waals surface area contributed by atoms with Crippen molar-refractivity contribution in [1.82, 2.24) is 4.90 Å². The average molecular weight is 352 g/mol. The molecule has 1 N–H and O–H groups in total. The number of carbonyl (C=O) groups is 1. The van der Waals surface area contributed by atoms with E-state index in [9.17, 15) is 9.90 Å². The second-order valence-electron chi connectivity index (χ2n) is 7.60. The number of piperidine rings is 1. The Morgan fingerprint density at radius 3 is 2.62 bits per heavy atom. The van der Waals surface area contributed by atoms with E-state index in [4.69, 9.17) is 0 Å². The smallest absolute Gasteiger partial charge is 0.253 e. The Morgan fingerprint density at radius 1 is 1.15 bits per heavy atom. The third-order valence-electron chi connectivity index (χ3n) is 5.32. The van der Waals surface area contributed by atoms with Gasteiger partial charge in [-0.1, -0.05) is 36.4 Å². The van der Waals surface area contributed by atoms with E-state index < -0.39 is 0 Å². The van der Waals surface area contributed by atoms with Gasteiger partial charge >= 0.3 is 0 Å². The lowest BCUT2D eigenvalue weighted by Gasteiger charge is -2.42. The number of aliphatic hydroxyl groups excluding tert-OH is 1. The molecule has 0 radical (unpaired) electrons. The van der Waals surface area contributed by atoms with E-state index in [1.165, 1.54) is 5.56 Å². The van der Waals surface area contributed by atoms with Gasteiger partial charge in [-0.25, -0.2) is 0 Å². The van der Waals surface area contributed by atoms with Gasteiger partial charge in [0.2, 0.25) is 0 Å². The maximum Gasteiger partial charge on any atom is 0.253 e. The lowest BCUT2D eigenvalue weighted by Crippen LogP contribution is -2.49. The van der Waals surface area contributed by atoms with E-state index in [1.54, 1.807) is 0 Å². The molecule has 3 rings (SSSR count). The molecule has 0 aromatic heterocycles. The molecular weight excluding hydrogens is 324 g/mol. The first-order chi connectivity index (χ1) is 12.5. The lowest BCUT2D eigenvalue weighted by molar-refractivity contribution is 0.0272. The van der Waals surface area contributed by atoms with Crippen molar-refractivity contribution in [2.45, 2.75) is 19.3 Å². The normalized spacial score (nSPS) is 20.0. The van der Waals surface area contributed by atoms with Gasteiger partial charge < -0.3 is 14.9 Å². The predicted octanol–water partition coefficient (Wildman–Crippen LogP) is 3.21. The van der Waals surface area contributed by atoms with Crippen molar-refractivity contribution in [3.63, 3.8) is 0 Å². The van der Waals surface area contributed by atoms with Crippen LogP contribution in [0.4, 0.5) is 5.69 Å². The van der Waals surface area contributed by atoms with Crippen molar-refractivity contribution < 1.29 is 9.90 Å². The van der Waals surface area contributed by atoms with Gasteiger partial charge in [0.25, 0.3) is 5.91 Å². The largest absolute Gasteiger partial charge is 0.396 e. The van der Waals surface area contributed by atoms with Crippen LogP contribution >= 0.6 is 0 Å². The maximum absolute atomic E-state index is 13.1. The Bertz CT molecular complexity index is 745. The molecule has 26 heavy (non-hydrogen) atoms. The van der Waals surface area contributed by atoms with Crippen molar-refractivity contribution in [1.29, 1.82) is 0 Å². The first-order valence-corrected chi connectivity index (χ1v) is 9.24. The third kappa shape index (κ3) is 4.07. The van der Waals surface area contributed by atoms with Crippen LogP contribution < -0.4 is 4.90 Å². The van der Waals surface area contributed by atoms with Crippen LogP contribution in [-0.2, 0) is 6.42 Å². The van der Waals surface area contributed by atoms with Crippen molar-refractivity contribution in [2.24, 2.45) is 5.41 Å². The number of aliphatic hydroxyl groups is 1. The number of benzene rings is 2. The summed E-state index contributed by atoms with van der Waals surface area (Å²) in [5.41, 5.74) is 2.69. The van der Waals surface area contributed by atoms with Gasteiger partial charge in [-0.15, -0.1) is 0 Å². The molecule has 0 saturated carbocycles. The van der Waals surface area contributed by atoms with E-state index in [-0.39, 0.29) is 17.9 Å². The highest BCUT2D eigenvalue weighted by atomic mass is 16.3. The Hall–Kier alpha value is -2.33. The quantitative estimate of drug-likeness (QED) is 0.899. The van der Waals surface area contributed by atoms with Gasteiger partial charge in [-0.05, 0) is 43.0 Å². The molecule has 1 aliphatic rings. The van der Waals surface area contributed by atoms with E-state index >= 15 is 0 Å². The van der Waals surface area contributed by atoms with E-state index in [1.807, 2.05) is 66.4 Å². The summed E-state index contributed by atoms with van der Waals surface area (Å²) >= 11 is 0. The van der Waals surface area contributed by atoms with E-state index in [2.05, 4.69) is 12.1 Å². The Morgan fingerprint density at radius 2 is 1.92 bits per heavy atom. The van der Waals surface area contributed by atoms with E-state index in [0.717, 1.165) is 31.5 Å². The first-order valence-electron chi connectivity index (χ1n) is 9.24. The second-order valence-corrected chi connectivity index (χ2v) is 7.60. The molecule has 1 aliphatic heterocycles. The molecule has 1 heterocycles. The van der Waals surface area contributed by atoms with Crippen LogP contribution in [-0.4, -0.2) is 49.7 Å². The van der Waals surface area contributed by atoms with Crippen molar-refractivity contribution >= 4 is 11.6 Å².